The molecule has 0 radical (unpaired) electrons. The Kier molecular flexibility index (Phi) is 5.96. The fourth-order valence-corrected chi connectivity index (χ4v) is 4.99. The molecule has 8 nitrogen and oxygen atoms in total. The average Bonchev–Trinajstić information content (AvgIpc) is 3.38. The van der Waals surface area contributed by atoms with Crippen LogP contribution in [0.3, 0.4) is 0 Å². The fraction of sp³-hybridized carbons (Fsp3) is 0.233. The van der Waals surface area contributed by atoms with Crippen LogP contribution in [0.1, 0.15) is 19.4 Å². The summed E-state index contributed by atoms with van der Waals surface area (Å²) in [6, 6.07) is 22.9. The molecule has 0 aliphatic carbocycles. The van der Waals surface area contributed by atoms with Gasteiger partial charge in [-0.1, -0.05) is 24.3 Å². The largest absolute Gasteiger partial charge is 0.457 e. The number of benzene rings is 3. The van der Waals surface area contributed by atoms with Gasteiger partial charge in [0, 0.05) is 59.7 Å². The van der Waals surface area contributed by atoms with Gasteiger partial charge in [0.1, 0.15) is 24.2 Å². The van der Waals surface area contributed by atoms with Crippen LogP contribution in [0.15, 0.2) is 91.8 Å². The third kappa shape index (κ3) is 4.43. The topological polar surface area (TPSA) is 60.9 Å². The van der Waals surface area contributed by atoms with Crippen LogP contribution >= 0.6 is 0 Å². The SMILES string of the molecule is CN1C=CN(c2cccc(Oc3cc(-c4ncncn4)cc(N4CN(C)C(C)(C)c5ccccc54)c3)c2)C1. The third-order valence-corrected chi connectivity index (χ3v) is 7.38. The maximum absolute atomic E-state index is 6.48. The molecule has 2 aliphatic heterocycles. The van der Waals surface area contributed by atoms with E-state index in [1.165, 1.54) is 23.9 Å². The summed E-state index contributed by atoms with van der Waals surface area (Å²) in [7, 11) is 4.22. The Morgan fingerprint density at radius 1 is 0.789 bits per heavy atom. The predicted molar refractivity (Wildman–Crippen MR) is 150 cm³/mol. The summed E-state index contributed by atoms with van der Waals surface area (Å²) in [5.74, 6) is 2.08. The normalized spacial score (nSPS) is 16.6. The molecular weight excluding hydrogens is 474 g/mol. The zero-order valence-corrected chi connectivity index (χ0v) is 22.1. The maximum Gasteiger partial charge on any atom is 0.162 e. The Hall–Kier alpha value is -4.43. The van der Waals surface area contributed by atoms with Crippen LogP contribution in [0.5, 0.6) is 11.5 Å². The Morgan fingerprint density at radius 2 is 1.58 bits per heavy atom. The van der Waals surface area contributed by atoms with Crippen LogP contribution < -0.4 is 14.5 Å². The zero-order chi connectivity index (χ0) is 26.3. The summed E-state index contributed by atoms with van der Waals surface area (Å²) in [4.78, 5) is 21.8. The Bertz CT molecular complexity index is 1490. The molecule has 0 fully saturated rings. The van der Waals surface area contributed by atoms with Crippen molar-refractivity contribution in [3.05, 3.63) is 97.3 Å². The van der Waals surface area contributed by atoms with E-state index in [2.05, 4.69) is 123 Å². The van der Waals surface area contributed by atoms with E-state index in [0.717, 1.165) is 36.0 Å². The van der Waals surface area contributed by atoms with Crippen molar-refractivity contribution in [2.24, 2.45) is 0 Å². The highest BCUT2D eigenvalue weighted by molar-refractivity contribution is 5.75. The fourth-order valence-electron chi connectivity index (χ4n) is 4.99. The lowest BCUT2D eigenvalue weighted by Crippen LogP contribution is -2.49. The van der Waals surface area contributed by atoms with E-state index < -0.39 is 0 Å². The van der Waals surface area contributed by atoms with E-state index in [1.54, 1.807) is 0 Å². The number of hydrogen-bond acceptors (Lipinski definition) is 8. The highest BCUT2D eigenvalue weighted by Gasteiger charge is 2.36. The van der Waals surface area contributed by atoms with Gasteiger partial charge in [-0.3, -0.25) is 4.90 Å². The zero-order valence-electron chi connectivity index (χ0n) is 22.1. The molecule has 0 atom stereocenters. The van der Waals surface area contributed by atoms with Crippen LogP contribution in [0, 0.1) is 0 Å². The van der Waals surface area contributed by atoms with Crippen LogP contribution in [-0.2, 0) is 5.54 Å². The first-order valence-electron chi connectivity index (χ1n) is 12.7. The molecule has 1 aromatic heterocycles. The molecule has 0 spiro atoms. The molecule has 0 saturated heterocycles. The van der Waals surface area contributed by atoms with Crippen molar-refractivity contribution in [3.63, 3.8) is 0 Å². The van der Waals surface area contributed by atoms with Crippen molar-refractivity contribution < 1.29 is 4.74 Å². The van der Waals surface area contributed by atoms with Crippen molar-refractivity contribution in [1.29, 1.82) is 0 Å². The van der Waals surface area contributed by atoms with Crippen LogP contribution in [-0.4, -0.2) is 52.2 Å². The molecule has 0 N–H and O–H groups in total. The highest BCUT2D eigenvalue weighted by Crippen LogP contribution is 2.44. The number of hydrogen-bond donors (Lipinski definition) is 0. The molecule has 3 heterocycles. The van der Waals surface area contributed by atoms with Gasteiger partial charge in [0.05, 0.1) is 13.3 Å². The average molecular weight is 506 g/mol. The summed E-state index contributed by atoms with van der Waals surface area (Å²) in [6.45, 7) is 6.06. The van der Waals surface area contributed by atoms with Crippen LogP contribution in [0.2, 0.25) is 0 Å². The highest BCUT2D eigenvalue weighted by atomic mass is 16.5. The molecule has 0 saturated carbocycles. The minimum atomic E-state index is -0.0865. The molecular formula is C30H31N7O. The van der Waals surface area contributed by atoms with Gasteiger partial charge in [-0.15, -0.1) is 0 Å². The summed E-state index contributed by atoms with van der Waals surface area (Å²) in [6.07, 6.45) is 7.18. The van der Waals surface area contributed by atoms with E-state index in [9.17, 15) is 0 Å². The molecule has 2 aliphatic rings. The number of rotatable bonds is 5. The predicted octanol–water partition coefficient (Wildman–Crippen LogP) is 5.79. The van der Waals surface area contributed by atoms with Gasteiger partial charge < -0.3 is 19.4 Å². The van der Waals surface area contributed by atoms with Crippen molar-refractivity contribution in [3.8, 4) is 22.9 Å². The van der Waals surface area contributed by atoms with E-state index in [4.69, 9.17) is 4.74 Å². The smallest absolute Gasteiger partial charge is 0.162 e. The summed E-state index contributed by atoms with van der Waals surface area (Å²) < 4.78 is 6.48. The molecule has 8 heteroatoms. The van der Waals surface area contributed by atoms with Gasteiger partial charge in [0.25, 0.3) is 0 Å². The molecule has 192 valence electrons. The van der Waals surface area contributed by atoms with Crippen LogP contribution in [0.25, 0.3) is 11.4 Å². The van der Waals surface area contributed by atoms with Gasteiger partial charge in [-0.2, -0.15) is 0 Å². The molecule has 6 rings (SSSR count). The number of ether oxygens (including phenoxy) is 1. The van der Waals surface area contributed by atoms with Gasteiger partial charge in [0.15, 0.2) is 5.82 Å². The first-order valence-corrected chi connectivity index (χ1v) is 12.7. The standard InChI is InChI=1S/C30H31N7O/c1-30(2)27-10-5-6-11-28(27)37(21-35(30)4)24-14-22(29-32-18-31-19-33-29)15-26(17-24)38-25-9-7-8-23(16-25)36-13-12-34(3)20-36/h5-19H,20-21H2,1-4H3. The van der Waals surface area contributed by atoms with Gasteiger partial charge in [-0.05, 0) is 56.8 Å². The van der Waals surface area contributed by atoms with Crippen molar-refractivity contribution in [1.82, 2.24) is 24.8 Å². The molecule has 0 unspecified atom stereocenters. The second-order valence-corrected chi connectivity index (χ2v) is 10.3. The second kappa shape index (κ2) is 9.46. The first kappa shape index (κ1) is 23.9. The number of aromatic nitrogens is 3. The lowest BCUT2D eigenvalue weighted by molar-refractivity contribution is 0.150. The van der Waals surface area contributed by atoms with Crippen molar-refractivity contribution in [2.75, 3.05) is 37.2 Å². The number of nitrogens with zero attached hydrogens (tertiary/aromatic N) is 7. The van der Waals surface area contributed by atoms with Crippen molar-refractivity contribution in [2.45, 2.75) is 19.4 Å². The summed E-state index contributed by atoms with van der Waals surface area (Å²) >= 11 is 0. The quantitative estimate of drug-likeness (QED) is 0.338. The van der Waals surface area contributed by atoms with Crippen molar-refractivity contribution >= 4 is 17.1 Å². The molecule has 0 amide bonds. The van der Waals surface area contributed by atoms with E-state index in [1.807, 2.05) is 18.2 Å². The maximum atomic E-state index is 6.48. The third-order valence-electron chi connectivity index (χ3n) is 7.38. The number of fused-ring (bicyclic) bond motifs is 1. The van der Waals surface area contributed by atoms with Gasteiger partial charge in [0.2, 0.25) is 0 Å². The first-order chi connectivity index (χ1) is 18.4. The molecule has 0 bridgehead atoms. The molecule has 3 aromatic carbocycles. The Balaban J connectivity index is 1.41. The molecule has 4 aromatic rings. The number of anilines is 3. The van der Waals surface area contributed by atoms with E-state index in [0.29, 0.717) is 11.6 Å². The Morgan fingerprint density at radius 3 is 2.37 bits per heavy atom. The van der Waals surface area contributed by atoms with Crippen LogP contribution in [0.4, 0.5) is 17.1 Å². The van der Waals surface area contributed by atoms with Gasteiger partial charge in [-0.25, -0.2) is 15.0 Å². The Labute approximate surface area is 223 Å². The second-order valence-electron chi connectivity index (χ2n) is 10.3. The summed E-state index contributed by atoms with van der Waals surface area (Å²) in [5.41, 5.74) is 5.32. The monoisotopic (exact) mass is 505 g/mol. The number of para-hydroxylation sites is 1. The van der Waals surface area contributed by atoms with E-state index >= 15 is 0 Å². The molecule has 38 heavy (non-hydrogen) atoms. The lowest BCUT2D eigenvalue weighted by Gasteiger charge is -2.47. The van der Waals surface area contributed by atoms with Gasteiger partial charge >= 0.3 is 0 Å². The minimum absolute atomic E-state index is 0.0865. The summed E-state index contributed by atoms with van der Waals surface area (Å²) in [5, 5.41) is 0. The van der Waals surface area contributed by atoms with E-state index in [-0.39, 0.29) is 5.54 Å². The lowest BCUT2D eigenvalue weighted by atomic mass is 9.88. The minimum Gasteiger partial charge on any atom is -0.457 e.